The van der Waals surface area contributed by atoms with E-state index in [9.17, 15) is 4.79 Å². The van der Waals surface area contributed by atoms with Crippen molar-refractivity contribution in [3.63, 3.8) is 0 Å². The van der Waals surface area contributed by atoms with Crippen LogP contribution in [-0.2, 0) is 6.54 Å². The van der Waals surface area contributed by atoms with E-state index in [-0.39, 0.29) is 5.91 Å². The summed E-state index contributed by atoms with van der Waals surface area (Å²) >= 11 is 1.22. The minimum Gasteiger partial charge on any atom is -0.336 e. The number of aromatic nitrogens is 2. The lowest BCUT2D eigenvalue weighted by molar-refractivity contribution is 0.0596. The number of amides is 1. The van der Waals surface area contributed by atoms with Crippen molar-refractivity contribution in [3.8, 4) is 0 Å². The van der Waals surface area contributed by atoms with E-state index in [0.29, 0.717) is 11.7 Å². The lowest BCUT2D eigenvalue weighted by Crippen LogP contribution is -2.48. The van der Waals surface area contributed by atoms with E-state index in [1.165, 1.54) is 17.1 Å². The van der Waals surface area contributed by atoms with E-state index in [2.05, 4.69) is 45.8 Å². The number of hydrogen-bond acceptors (Lipinski definition) is 5. The zero-order valence-corrected chi connectivity index (χ0v) is 13.5. The summed E-state index contributed by atoms with van der Waals surface area (Å²) in [6.45, 7) is 2.48. The Morgan fingerprint density at radius 2 is 2.23 bits per heavy atom. The van der Waals surface area contributed by atoms with E-state index in [1.54, 1.807) is 5.38 Å². The van der Waals surface area contributed by atoms with Gasteiger partial charge in [0.15, 0.2) is 5.69 Å². The number of likely N-dealkylation sites (tertiary alicyclic amines) is 1. The van der Waals surface area contributed by atoms with Crippen molar-refractivity contribution in [2.75, 3.05) is 20.1 Å². The molecule has 0 radical (unpaired) electrons. The van der Waals surface area contributed by atoms with Crippen molar-refractivity contribution in [2.45, 2.75) is 25.4 Å². The second kappa shape index (κ2) is 6.98. The minimum absolute atomic E-state index is 0.00608. The molecule has 3 rings (SSSR count). The molecule has 1 atom stereocenters. The number of likely N-dealkylation sites (N-methyl/N-ethyl adjacent to an activating group) is 1. The van der Waals surface area contributed by atoms with E-state index >= 15 is 0 Å². The molecule has 5 nitrogen and oxygen atoms in total. The summed E-state index contributed by atoms with van der Waals surface area (Å²) in [5, 5.41) is 5.61. The molecule has 0 aliphatic carbocycles. The van der Waals surface area contributed by atoms with Crippen LogP contribution < -0.4 is 0 Å². The number of benzene rings is 1. The van der Waals surface area contributed by atoms with Crippen LogP contribution in [0.5, 0.6) is 0 Å². The fraction of sp³-hybridized carbons (Fsp3) is 0.438. The van der Waals surface area contributed by atoms with Crippen molar-refractivity contribution in [2.24, 2.45) is 0 Å². The fourth-order valence-corrected chi connectivity index (χ4v) is 3.35. The lowest BCUT2D eigenvalue weighted by atomic mass is 10.0. The SMILES string of the molecule is CN(Cc1ccccc1)C1CCCN(C(=O)c2csnn2)C1. The molecule has 116 valence electrons. The first kappa shape index (κ1) is 15.1. The van der Waals surface area contributed by atoms with Gasteiger partial charge in [-0.3, -0.25) is 9.69 Å². The van der Waals surface area contributed by atoms with E-state index in [4.69, 9.17) is 0 Å². The first-order valence-corrected chi connectivity index (χ1v) is 8.38. The number of carbonyl (C=O) groups excluding carboxylic acids is 1. The largest absolute Gasteiger partial charge is 0.336 e. The molecule has 1 aliphatic rings. The van der Waals surface area contributed by atoms with Gasteiger partial charge in [-0.05, 0) is 37.0 Å². The van der Waals surface area contributed by atoms with Gasteiger partial charge < -0.3 is 4.90 Å². The van der Waals surface area contributed by atoms with Gasteiger partial charge in [-0.25, -0.2) is 0 Å². The first-order chi connectivity index (χ1) is 10.7. The normalized spacial score (nSPS) is 18.6. The Morgan fingerprint density at radius 1 is 1.41 bits per heavy atom. The molecule has 1 amide bonds. The fourth-order valence-electron chi connectivity index (χ4n) is 2.92. The molecular formula is C16H20N4OS. The van der Waals surface area contributed by atoms with E-state index in [1.807, 2.05) is 11.0 Å². The van der Waals surface area contributed by atoms with Crippen molar-refractivity contribution in [1.82, 2.24) is 19.4 Å². The molecule has 1 saturated heterocycles. The lowest BCUT2D eigenvalue weighted by Gasteiger charge is -2.37. The number of hydrogen-bond donors (Lipinski definition) is 0. The summed E-state index contributed by atoms with van der Waals surface area (Å²) in [7, 11) is 2.13. The first-order valence-electron chi connectivity index (χ1n) is 7.54. The standard InChI is InChI=1S/C16H20N4OS/c1-19(10-13-6-3-2-4-7-13)14-8-5-9-20(11-14)16(21)15-12-22-18-17-15/h2-4,6-7,12,14H,5,8-11H2,1H3. The number of carbonyl (C=O) groups is 1. The average Bonchev–Trinajstić information content (AvgIpc) is 3.09. The number of nitrogens with zero attached hydrogens (tertiary/aromatic N) is 4. The van der Waals surface area contributed by atoms with Crippen LogP contribution in [0.4, 0.5) is 0 Å². The average molecular weight is 316 g/mol. The van der Waals surface area contributed by atoms with Crippen LogP contribution in [-0.4, -0.2) is 51.5 Å². The van der Waals surface area contributed by atoms with Gasteiger partial charge in [0.2, 0.25) is 0 Å². The molecule has 1 aromatic carbocycles. The highest BCUT2D eigenvalue weighted by atomic mass is 32.1. The molecule has 22 heavy (non-hydrogen) atoms. The highest BCUT2D eigenvalue weighted by Crippen LogP contribution is 2.18. The van der Waals surface area contributed by atoms with Crippen LogP contribution in [0.15, 0.2) is 35.7 Å². The maximum Gasteiger partial charge on any atom is 0.275 e. The Hall–Kier alpha value is -1.79. The maximum absolute atomic E-state index is 12.4. The number of piperidine rings is 1. The molecule has 0 spiro atoms. The van der Waals surface area contributed by atoms with Crippen LogP contribution >= 0.6 is 11.5 Å². The van der Waals surface area contributed by atoms with Gasteiger partial charge in [-0.15, -0.1) is 5.10 Å². The third kappa shape index (κ3) is 3.51. The summed E-state index contributed by atoms with van der Waals surface area (Å²) in [6.07, 6.45) is 2.16. The summed E-state index contributed by atoms with van der Waals surface area (Å²) in [5.74, 6) is 0.00608. The van der Waals surface area contributed by atoms with Crippen LogP contribution in [0.1, 0.15) is 28.9 Å². The highest BCUT2D eigenvalue weighted by molar-refractivity contribution is 7.03. The Labute approximate surface area is 134 Å². The Morgan fingerprint density at radius 3 is 2.95 bits per heavy atom. The molecular weight excluding hydrogens is 296 g/mol. The summed E-state index contributed by atoms with van der Waals surface area (Å²) in [5.41, 5.74) is 1.77. The third-order valence-corrected chi connectivity index (χ3v) is 4.67. The van der Waals surface area contributed by atoms with Crippen molar-refractivity contribution >= 4 is 17.4 Å². The maximum atomic E-state index is 12.4. The molecule has 1 fully saturated rings. The van der Waals surface area contributed by atoms with Gasteiger partial charge in [0.1, 0.15) is 0 Å². The molecule has 2 aromatic rings. The van der Waals surface area contributed by atoms with Crippen molar-refractivity contribution < 1.29 is 4.79 Å². The summed E-state index contributed by atoms with van der Waals surface area (Å²) < 4.78 is 3.78. The van der Waals surface area contributed by atoms with Gasteiger partial charge >= 0.3 is 0 Å². The molecule has 6 heteroatoms. The molecule has 0 bridgehead atoms. The van der Waals surface area contributed by atoms with Gasteiger partial charge in [0, 0.05) is 31.1 Å². The zero-order valence-electron chi connectivity index (χ0n) is 12.7. The molecule has 1 aromatic heterocycles. The van der Waals surface area contributed by atoms with Crippen LogP contribution in [0.25, 0.3) is 0 Å². The predicted molar refractivity (Wildman–Crippen MR) is 86.7 cm³/mol. The second-order valence-electron chi connectivity index (χ2n) is 5.74. The third-order valence-electron chi connectivity index (χ3n) is 4.16. The predicted octanol–water partition coefficient (Wildman–Crippen LogP) is 2.27. The van der Waals surface area contributed by atoms with Gasteiger partial charge in [-0.2, -0.15) is 0 Å². The summed E-state index contributed by atoms with van der Waals surface area (Å²) in [6, 6.07) is 10.8. The van der Waals surface area contributed by atoms with Gasteiger partial charge in [0.05, 0.1) is 0 Å². The topological polar surface area (TPSA) is 49.3 Å². The molecule has 1 aliphatic heterocycles. The molecule has 0 saturated carbocycles. The zero-order chi connectivity index (χ0) is 15.4. The highest BCUT2D eigenvalue weighted by Gasteiger charge is 2.27. The van der Waals surface area contributed by atoms with E-state index < -0.39 is 0 Å². The van der Waals surface area contributed by atoms with Gasteiger partial charge in [-0.1, -0.05) is 34.8 Å². The van der Waals surface area contributed by atoms with Crippen LogP contribution in [0, 0.1) is 0 Å². The monoisotopic (exact) mass is 316 g/mol. The van der Waals surface area contributed by atoms with Crippen LogP contribution in [0.3, 0.4) is 0 Å². The Kier molecular flexibility index (Phi) is 4.80. The minimum atomic E-state index is 0.00608. The Balaban J connectivity index is 1.61. The molecule has 1 unspecified atom stereocenters. The van der Waals surface area contributed by atoms with Crippen LogP contribution in [0.2, 0.25) is 0 Å². The molecule has 0 N–H and O–H groups in total. The quantitative estimate of drug-likeness (QED) is 0.868. The molecule has 2 heterocycles. The van der Waals surface area contributed by atoms with Gasteiger partial charge in [0.25, 0.3) is 5.91 Å². The second-order valence-corrected chi connectivity index (χ2v) is 6.35. The van der Waals surface area contributed by atoms with E-state index in [0.717, 1.165) is 32.5 Å². The van der Waals surface area contributed by atoms with Crippen molar-refractivity contribution in [3.05, 3.63) is 47.0 Å². The number of rotatable bonds is 4. The smallest absolute Gasteiger partial charge is 0.275 e. The van der Waals surface area contributed by atoms with Crippen molar-refractivity contribution in [1.29, 1.82) is 0 Å². The Bertz CT molecular complexity index is 602. The summed E-state index contributed by atoms with van der Waals surface area (Å²) in [4.78, 5) is 16.6.